The van der Waals surface area contributed by atoms with E-state index in [2.05, 4.69) is 47.3 Å². The maximum Gasteiger partial charge on any atom is 0.151 e. The first-order valence-electron chi connectivity index (χ1n) is 5.46. The Labute approximate surface area is 90.7 Å². The molecule has 15 heavy (non-hydrogen) atoms. The summed E-state index contributed by atoms with van der Waals surface area (Å²) < 4.78 is 0. The highest BCUT2D eigenvalue weighted by atomic mass is 15.3. The van der Waals surface area contributed by atoms with E-state index in [1.165, 1.54) is 5.56 Å². The monoisotopic (exact) mass is 206 g/mol. The standard InChI is InChI=1S/C11H18N4/c1-8-4-11(14-13-5-8)15-7-9(2)12-6-10(15)3/h4-5,9-10,12H,6-7H2,1-3H3. The summed E-state index contributed by atoms with van der Waals surface area (Å²) in [5, 5.41) is 11.7. The zero-order chi connectivity index (χ0) is 10.8. The van der Waals surface area contributed by atoms with Gasteiger partial charge in [0.05, 0.1) is 6.20 Å². The van der Waals surface area contributed by atoms with Gasteiger partial charge in [-0.05, 0) is 32.4 Å². The van der Waals surface area contributed by atoms with Crippen molar-refractivity contribution in [3.05, 3.63) is 17.8 Å². The highest BCUT2D eigenvalue weighted by Crippen LogP contribution is 2.16. The average Bonchev–Trinajstić information content (AvgIpc) is 2.22. The zero-order valence-electron chi connectivity index (χ0n) is 9.57. The van der Waals surface area contributed by atoms with Gasteiger partial charge in [0.2, 0.25) is 0 Å². The SMILES string of the molecule is Cc1cnnc(N2CC(C)NCC2C)c1. The maximum absolute atomic E-state index is 4.20. The molecule has 0 amide bonds. The van der Waals surface area contributed by atoms with Crippen LogP contribution in [-0.4, -0.2) is 35.4 Å². The molecule has 0 spiro atoms. The van der Waals surface area contributed by atoms with Crippen LogP contribution in [0.2, 0.25) is 0 Å². The van der Waals surface area contributed by atoms with Gasteiger partial charge in [-0.1, -0.05) is 0 Å². The molecule has 1 fully saturated rings. The zero-order valence-corrected chi connectivity index (χ0v) is 9.57. The van der Waals surface area contributed by atoms with Gasteiger partial charge in [0.15, 0.2) is 5.82 Å². The minimum absolute atomic E-state index is 0.484. The quantitative estimate of drug-likeness (QED) is 0.743. The molecule has 1 N–H and O–H groups in total. The molecule has 4 heteroatoms. The predicted octanol–water partition coefficient (Wildman–Crippen LogP) is 0.972. The molecule has 0 radical (unpaired) electrons. The Morgan fingerprint density at radius 2 is 2.27 bits per heavy atom. The first kappa shape index (κ1) is 10.4. The lowest BCUT2D eigenvalue weighted by Crippen LogP contribution is -2.54. The number of nitrogens with one attached hydrogen (secondary N) is 1. The molecule has 0 bridgehead atoms. The maximum atomic E-state index is 4.20. The van der Waals surface area contributed by atoms with E-state index in [1.807, 2.05) is 0 Å². The molecule has 0 aromatic carbocycles. The fourth-order valence-electron chi connectivity index (χ4n) is 1.93. The molecular weight excluding hydrogens is 188 g/mol. The van der Waals surface area contributed by atoms with Crippen molar-refractivity contribution in [3.8, 4) is 0 Å². The Balaban J connectivity index is 2.21. The van der Waals surface area contributed by atoms with Crippen molar-refractivity contribution >= 4 is 5.82 Å². The average molecular weight is 206 g/mol. The lowest BCUT2D eigenvalue weighted by molar-refractivity contribution is 0.421. The Morgan fingerprint density at radius 3 is 3.00 bits per heavy atom. The van der Waals surface area contributed by atoms with Gasteiger partial charge in [0.25, 0.3) is 0 Å². The first-order chi connectivity index (χ1) is 7.16. The Kier molecular flexibility index (Phi) is 2.86. The molecule has 2 unspecified atom stereocenters. The van der Waals surface area contributed by atoms with E-state index in [0.717, 1.165) is 18.9 Å². The van der Waals surface area contributed by atoms with Gasteiger partial charge in [-0.15, -0.1) is 5.10 Å². The molecule has 2 rings (SSSR count). The summed E-state index contributed by atoms with van der Waals surface area (Å²) in [7, 11) is 0. The number of rotatable bonds is 1. The Bertz CT molecular complexity index is 339. The van der Waals surface area contributed by atoms with Gasteiger partial charge < -0.3 is 10.2 Å². The van der Waals surface area contributed by atoms with E-state index in [4.69, 9.17) is 0 Å². The van der Waals surface area contributed by atoms with E-state index in [1.54, 1.807) is 6.20 Å². The van der Waals surface area contributed by atoms with Crippen molar-refractivity contribution < 1.29 is 0 Å². The van der Waals surface area contributed by atoms with E-state index in [-0.39, 0.29) is 0 Å². The van der Waals surface area contributed by atoms with Gasteiger partial charge in [-0.2, -0.15) is 5.10 Å². The second kappa shape index (κ2) is 4.14. The molecule has 1 aromatic heterocycles. The number of nitrogens with zero attached hydrogens (tertiary/aromatic N) is 3. The number of hydrogen-bond acceptors (Lipinski definition) is 4. The summed E-state index contributed by atoms with van der Waals surface area (Å²) in [6.45, 7) is 8.47. The third-order valence-corrected chi connectivity index (χ3v) is 2.84. The molecule has 1 saturated heterocycles. The van der Waals surface area contributed by atoms with Crippen LogP contribution >= 0.6 is 0 Å². The molecule has 1 aliphatic rings. The Hall–Kier alpha value is -1.16. The van der Waals surface area contributed by atoms with Crippen LogP contribution in [0.25, 0.3) is 0 Å². The first-order valence-corrected chi connectivity index (χ1v) is 5.46. The number of aromatic nitrogens is 2. The second-order valence-electron chi connectivity index (χ2n) is 4.40. The number of aryl methyl sites for hydroxylation is 1. The predicted molar refractivity (Wildman–Crippen MR) is 61.0 cm³/mol. The summed E-state index contributed by atoms with van der Waals surface area (Å²) in [5.74, 6) is 0.996. The Morgan fingerprint density at radius 1 is 1.47 bits per heavy atom. The summed E-state index contributed by atoms with van der Waals surface area (Å²) in [6.07, 6.45) is 1.79. The molecule has 1 aromatic rings. The minimum Gasteiger partial charge on any atom is -0.350 e. The van der Waals surface area contributed by atoms with Gasteiger partial charge >= 0.3 is 0 Å². The molecular formula is C11H18N4. The molecule has 0 saturated carbocycles. The van der Waals surface area contributed by atoms with E-state index >= 15 is 0 Å². The molecule has 2 heterocycles. The minimum atomic E-state index is 0.484. The molecule has 82 valence electrons. The highest BCUT2D eigenvalue weighted by Gasteiger charge is 2.23. The second-order valence-corrected chi connectivity index (χ2v) is 4.40. The van der Waals surface area contributed by atoms with Gasteiger partial charge in [0, 0.05) is 25.2 Å². The molecule has 2 atom stereocenters. The molecule has 4 nitrogen and oxygen atoms in total. The van der Waals surface area contributed by atoms with Crippen molar-refractivity contribution in [2.24, 2.45) is 0 Å². The summed E-state index contributed by atoms with van der Waals surface area (Å²) in [4.78, 5) is 2.32. The number of piperazine rings is 1. The van der Waals surface area contributed by atoms with Crippen molar-refractivity contribution in [1.82, 2.24) is 15.5 Å². The fourth-order valence-corrected chi connectivity index (χ4v) is 1.93. The lowest BCUT2D eigenvalue weighted by Gasteiger charge is -2.38. The highest BCUT2D eigenvalue weighted by molar-refractivity contribution is 5.41. The topological polar surface area (TPSA) is 41.1 Å². The van der Waals surface area contributed by atoms with Crippen molar-refractivity contribution in [2.75, 3.05) is 18.0 Å². The third-order valence-electron chi connectivity index (χ3n) is 2.84. The smallest absolute Gasteiger partial charge is 0.151 e. The molecule has 0 aliphatic carbocycles. The van der Waals surface area contributed by atoms with E-state index in [0.29, 0.717) is 12.1 Å². The van der Waals surface area contributed by atoms with Crippen molar-refractivity contribution in [3.63, 3.8) is 0 Å². The third kappa shape index (κ3) is 2.26. The van der Waals surface area contributed by atoms with Crippen LogP contribution in [0, 0.1) is 6.92 Å². The van der Waals surface area contributed by atoms with Crippen molar-refractivity contribution in [1.29, 1.82) is 0 Å². The van der Waals surface area contributed by atoms with E-state index < -0.39 is 0 Å². The van der Waals surface area contributed by atoms with Crippen LogP contribution in [0.5, 0.6) is 0 Å². The summed E-state index contributed by atoms with van der Waals surface area (Å²) in [6, 6.07) is 3.10. The fraction of sp³-hybridized carbons (Fsp3) is 0.636. The van der Waals surface area contributed by atoms with Crippen LogP contribution in [-0.2, 0) is 0 Å². The number of anilines is 1. The normalized spacial score (nSPS) is 26.7. The van der Waals surface area contributed by atoms with Crippen LogP contribution in [0.15, 0.2) is 12.3 Å². The summed E-state index contributed by atoms with van der Waals surface area (Å²) in [5.41, 5.74) is 1.17. The van der Waals surface area contributed by atoms with Gasteiger partial charge in [0.1, 0.15) is 0 Å². The van der Waals surface area contributed by atoms with Crippen LogP contribution < -0.4 is 10.2 Å². The van der Waals surface area contributed by atoms with Gasteiger partial charge in [-0.3, -0.25) is 0 Å². The number of hydrogen-bond donors (Lipinski definition) is 1. The van der Waals surface area contributed by atoms with Crippen LogP contribution in [0.3, 0.4) is 0 Å². The van der Waals surface area contributed by atoms with Gasteiger partial charge in [-0.25, -0.2) is 0 Å². The van der Waals surface area contributed by atoms with Crippen LogP contribution in [0.4, 0.5) is 5.82 Å². The lowest BCUT2D eigenvalue weighted by atomic mass is 10.1. The largest absolute Gasteiger partial charge is 0.350 e. The molecule has 1 aliphatic heterocycles. The van der Waals surface area contributed by atoms with Crippen molar-refractivity contribution in [2.45, 2.75) is 32.9 Å². The summed E-state index contributed by atoms with van der Waals surface area (Å²) >= 11 is 0. The van der Waals surface area contributed by atoms with E-state index in [9.17, 15) is 0 Å². The van der Waals surface area contributed by atoms with Crippen LogP contribution in [0.1, 0.15) is 19.4 Å².